The first-order valence-corrected chi connectivity index (χ1v) is 23.7. The van der Waals surface area contributed by atoms with Gasteiger partial charge < -0.3 is 49.4 Å². The van der Waals surface area contributed by atoms with Crippen LogP contribution in [0, 0.1) is 0 Å². The van der Waals surface area contributed by atoms with E-state index in [9.17, 15) is 14.4 Å². The molecule has 5 N–H and O–H groups in total. The third-order valence-electron chi connectivity index (χ3n) is 8.77. The fraction of sp³-hybridized carbons (Fsp3) is 0.886. The van der Waals surface area contributed by atoms with E-state index in [2.05, 4.69) is 68.7 Å². The number of amides is 3. The van der Waals surface area contributed by atoms with Crippen LogP contribution < -0.4 is 16.0 Å². The van der Waals surface area contributed by atoms with Gasteiger partial charge in [0, 0.05) is 38.0 Å². The Bertz CT molecular complexity index is 1000. The maximum absolute atomic E-state index is 12.8. The zero-order valence-corrected chi connectivity index (χ0v) is 39.7. The number of nitrogens with one attached hydrogen (secondary N) is 3. The average molecular weight is 865 g/mol. The van der Waals surface area contributed by atoms with Crippen LogP contribution >= 0.6 is 8.53 Å². The SMILES string of the molecule is C=CCOP(OC[C@@H](COCC[C@@H](CCCCCCC)OC(=O)CCCCCCCCCCC)NC(=O)OC(C)(C)C)N(C(C)C)C(C)C.O=C(NCCO)NCCO. The molecule has 1 unspecified atom stereocenters. The number of ether oxygens (including phenoxy) is 3. The molecule has 59 heavy (non-hydrogen) atoms. The number of rotatable bonds is 36. The summed E-state index contributed by atoms with van der Waals surface area (Å²) in [7, 11) is -1.40. The van der Waals surface area contributed by atoms with Crippen molar-refractivity contribution in [3.8, 4) is 0 Å². The highest BCUT2D eigenvalue weighted by Crippen LogP contribution is 2.46. The Morgan fingerprint density at radius 3 is 1.76 bits per heavy atom. The van der Waals surface area contributed by atoms with Crippen LogP contribution in [0.15, 0.2) is 12.7 Å². The predicted octanol–water partition coefficient (Wildman–Crippen LogP) is 9.31. The molecule has 0 rings (SSSR count). The normalized spacial score (nSPS) is 13.1. The molecular weight excluding hydrogens is 775 g/mol. The third kappa shape index (κ3) is 38.6. The van der Waals surface area contributed by atoms with E-state index in [4.69, 9.17) is 33.5 Å². The highest BCUT2D eigenvalue weighted by Gasteiger charge is 2.29. The van der Waals surface area contributed by atoms with Gasteiger partial charge in [-0.3, -0.25) is 4.79 Å². The highest BCUT2D eigenvalue weighted by molar-refractivity contribution is 7.44. The van der Waals surface area contributed by atoms with Crippen molar-refractivity contribution in [1.82, 2.24) is 20.6 Å². The lowest BCUT2D eigenvalue weighted by Gasteiger charge is -2.36. The molecule has 0 saturated carbocycles. The average Bonchev–Trinajstić information content (AvgIpc) is 3.16. The number of aliphatic hydroxyl groups excluding tert-OH is 2. The van der Waals surface area contributed by atoms with E-state index in [1.54, 1.807) is 6.08 Å². The van der Waals surface area contributed by atoms with Crippen LogP contribution in [0.3, 0.4) is 0 Å². The van der Waals surface area contributed by atoms with Gasteiger partial charge in [-0.25, -0.2) is 14.3 Å². The van der Waals surface area contributed by atoms with Crippen LogP contribution in [-0.4, -0.2) is 116 Å². The van der Waals surface area contributed by atoms with Crippen molar-refractivity contribution in [3.63, 3.8) is 0 Å². The first kappa shape index (κ1) is 59.0. The fourth-order valence-electron chi connectivity index (χ4n) is 5.92. The molecule has 0 radical (unpaired) electrons. The molecule has 14 nitrogen and oxygen atoms in total. The van der Waals surface area contributed by atoms with Gasteiger partial charge in [-0.1, -0.05) is 97.0 Å². The Labute approximate surface area is 361 Å². The van der Waals surface area contributed by atoms with E-state index in [1.807, 2.05) is 20.8 Å². The second kappa shape index (κ2) is 40.0. The van der Waals surface area contributed by atoms with Crippen molar-refractivity contribution in [1.29, 1.82) is 0 Å². The van der Waals surface area contributed by atoms with Crippen molar-refractivity contribution >= 4 is 26.6 Å². The van der Waals surface area contributed by atoms with Crippen molar-refractivity contribution < 1.29 is 47.9 Å². The lowest BCUT2D eigenvalue weighted by molar-refractivity contribution is -0.150. The lowest BCUT2D eigenvalue weighted by Crippen LogP contribution is -2.44. The van der Waals surface area contributed by atoms with Crippen molar-refractivity contribution in [3.05, 3.63) is 12.7 Å². The number of carbonyl (C=O) groups excluding carboxylic acids is 3. The van der Waals surface area contributed by atoms with Gasteiger partial charge in [0.2, 0.25) is 0 Å². The molecule has 350 valence electrons. The number of carbonyl (C=O) groups is 3. The molecule has 0 aromatic heterocycles. The fourth-order valence-corrected chi connectivity index (χ4v) is 7.56. The van der Waals surface area contributed by atoms with Crippen LogP contribution in [-0.2, 0) is 28.1 Å². The van der Waals surface area contributed by atoms with E-state index in [1.165, 1.54) is 64.2 Å². The summed E-state index contributed by atoms with van der Waals surface area (Å²) in [5, 5.41) is 24.1. The van der Waals surface area contributed by atoms with Crippen molar-refractivity contribution in [2.24, 2.45) is 0 Å². The number of aliphatic hydroxyl groups is 2. The number of hydrogen-bond donors (Lipinski definition) is 5. The van der Waals surface area contributed by atoms with E-state index in [-0.39, 0.29) is 69.7 Å². The summed E-state index contributed by atoms with van der Waals surface area (Å²) >= 11 is 0. The first-order chi connectivity index (χ1) is 28.1. The Balaban J connectivity index is 0. The molecule has 0 bridgehead atoms. The molecule has 0 spiro atoms. The summed E-state index contributed by atoms with van der Waals surface area (Å²) in [4.78, 5) is 36.0. The Morgan fingerprint density at radius 2 is 1.27 bits per heavy atom. The maximum Gasteiger partial charge on any atom is 0.408 e. The summed E-state index contributed by atoms with van der Waals surface area (Å²) in [6.45, 7) is 23.7. The first-order valence-electron chi connectivity index (χ1n) is 22.6. The molecule has 0 heterocycles. The molecule has 3 atom stereocenters. The van der Waals surface area contributed by atoms with Gasteiger partial charge in [0.15, 0.2) is 0 Å². The number of alkyl carbamates (subject to hydrolysis) is 1. The minimum absolute atomic E-state index is 0.0768. The standard InChI is InChI=1S/C39H77N2O7P.C5H12N2O3/c1-11-14-16-18-19-20-21-23-25-27-37(42)47-36(26-24-22-17-15-12-2)28-30-44-31-35(40-38(43)48-39(8,9)10)32-46-49(45-29-13-3)41(33(4)5)34(6)7;8-3-1-6-5(10)7-2-4-9/h13,33-36H,3,11-12,14-32H2,1-2,4-10H3,(H,40,43);8-9H,1-4H2,(H2,6,7,10)/t35-,36-,49?;/m1./s1. The van der Waals surface area contributed by atoms with Crippen LogP contribution in [0.1, 0.15) is 171 Å². The van der Waals surface area contributed by atoms with E-state index < -0.39 is 26.3 Å². The molecule has 0 aliphatic rings. The summed E-state index contributed by atoms with van der Waals surface area (Å²) < 4.78 is 32.2. The Morgan fingerprint density at radius 1 is 0.746 bits per heavy atom. The van der Waals surface area contributed by atoms with Gasteiger partial charge in [-0.05, 0) is 67.7 Å². The molecule has 0 aliphatic carbocycles. The molecule has 0 fully saturated rings. The van der Waals surface area contributed by atoms with Gasteiger partial charge in [0.1, 0.15) is 11.7 Å². The summed E-state index contributed by atoms with van der Waals surface area (Å²) in [6.07, 6.45) is 19.7. The van der Waals surface area contributed by atoms with Crippen LogP contribution in [0.4, 0.5) is 9.59 Å². The smallest absolute Gasteiger partial charge is 0.408 e. The number of unbranched alkanes of at least 4 members (excludes halogenated alkanes) is 12. The van der Waals surface area contributed by atoms with E-state index >= 15 is 0 Å². The predicted molar refractivity (Wildman–Crippen MR) is 240 cm³/mol. The minimum atomic E-state index is -1.40. The molecule has 0 aromatic carbocycles. The zero-order chi connectivity index (χ0) is 44.7. The van der Waals surface area contributed by atoms with E-state index in [0.29, 0.717) is 26.1 Å². The van der Waals surface area contributed by atoms with Crippen LogP contribution in [0.5, 0.6) is 0 Å². The Hall–Kier alpha value is -2.06. The summed E-state index contributed by atoms with van der Waals surface area (Å²) in [5.41, 5.74) is -0.634. The molecular formula is C44H89N4O10P. The zero-order valence-electron chi connectivity index (χ0n) is 38.8. The van der Waals surface area contributed by atoms with Crippen molar-refractivity contribution in [2.75, 3.05) is 52.7 Å². The van der Waals surface area contributed by atoms with Crippen LogP contribution in [0.25, 0.3) is 0 Å². The number of nitrogens with zero attached hydrogens (tertiary/aromatic N) is 1. The second-order valence-electron chi connectivity index (χ2n) is 16.4. The number of urea groups is 1. The monoisotopic (exact) mass is 865 g/mol. The third-order valence-corrected chi connectivity index (χ3v) is 10.8. The van der Waals surface area contributed by atoms with E-state index in [0.717, 1.165) is 32.1 Å². The number of hydrogen-bond acceptors (Lipinski definition) is 11. The van der Waals surface area contributed by atoms with Gasteiger partial charge in [-0.2, -0.15) is 0 Å². The summed E-state index contributed by atoms with van der Waals surface area (Å²) in [6, 6.07) is -0.434. The van der Waals surface area contributed by atoms with Crippen LogP contribution in [0.2, 0.25) is 0 Å². The van der Waals surface area contributed by atoms with Gasteiger partial charge >= 0.3 is 18.1 Å². The highest BCUT2D eigenvalue weighted by atomic mass is 31.2. The largest absolute Gasteiger partial charge is 0.462 e. The van der Waals surface area contributed by atoms with Gasteiger partial charge in [0.05, 0.1) is 45.7 Å². The molecule has 0 aromatic rings. The quantitative estimate of drug-likeness (QED) is 0.0176. The maximum atomic E-state index is 12.8. The molecule has 0 aliphatic heterocycles. The second-order valence-corrected chi connectivity index (χ2v) is 17.9. The van der Waals surface area contributed by atoms with Crippen molar-refractivity contribution in [2.45, 2.75) is 201 Å². The molecule has 15 heteroatoms. The number of esters is 1. The summed E-state index contributed by atoms with van der Waals surface area (Å²) in [5.74, 6) is -0.105. The topological polar surface area (TPSA) is 177 Å². The molecule has 3 amide bonds. The van der Waals surface area contributed by atoms with Gasteiger partial charge in [0.25, 0.3) is 8.53 Å². The van der Waals surface area contributed by atoms with Gasteiger partial charge in [-0.15, -0.1) is 6.58 Å². The Kier molecular flexibility index (Phi) is 40.1. The minimum Gasteiger partial charge on any atom is -0.462 e. The lowest BCUT2D eigenvalue weighted by atomic mass is 10.1. The molecule has 0 saturated heterocycles.